The number of Topliss-reactive ketones (excluding diaryl/α,β-unsaturated/α-hetero) is 1. The molecule has 0 aliphatic heterocycles. The van der Waals surface area contributed by atoms with Crippen LogP contribution in [0, 0.1) is 0 Å². The summed E-state index contributed by atoms with van der Waals surface area (Å²) in [7, 11) is 0. The fourth-order valence-corrected chi connectivity index (χ4v) is 3.68. The number of hydrogen-bond acceptors (Lipinski definition) is 6. The van der Waals surface area contributed by atoms with Crippen LogP contribution in [-0.2, 0) is 11.2 Å². The van der Waals surface area contributed by atoms with Crippen molar-refractivity contribution in [1.82, 2.24) is 15.2 Å². The largest absolute Gasteiger partial charge is 0.325 e. The van der Waals surface area contributed by atoms with Gasteiger partial charge in [0.15, 0.2) is 5.78 Å². The average Bonchev–Trinajstić information content (AvgIpc) is 3.28. The number of thioether (sulfide) groups is 1. The molecule has 26 heavy (non-hydrogen) atoms. The third-order valence-corrected chi connectivity index (χ3v) is 5.48. The first-order valence-electron chi connectivity index (χ1n) is 8.03. The van der Waals surface area contributed by atoms with Crippen LogP contribution >= 0.6 is 23.1 Å². The number of thiophene rings is 1. The van der Waals surface area contributed by atoms with E-state index in [0.717, 1.165) is 5.82 Å². The summed E-state index contributed by atoms with van der Waals surface area (Å²) in [6, 6.07) is 10.9. The molecule has 1 atom stereocenters. The van der Waals surface area contributed by atoms with Gasteiger partial charge in [-0.1, -0.05) is 17.8 Å². The van der Waals surface area contributed by atoms with Crippen LogP contribution in [0.1, 0.15) is 34.9 Å². The minimum atomic E-state index is -0.354. The van der Waals surface area contributed by atoms with E-state index in [-0.39, 0.29) is 16.9 Å². The number of carbonyl (C=O) groups excluding carboxylic acids is 2. The summed E-state index contributed by atoms with van der Waals surface area (Å²) in [6.45, 7) is 3.31. The predicted octanol–water partition coefficient (Wildman–Crippen LogP) is 3.78. The lowest BCUT2D eigenvalue weighted by Gasteiger charge is -2.10. The standard InChI is InChI=1S/C18H18N4O2S2/c1-11(23)13-5-7-14(8-6-13)19-17(24)12(2)26-18-20-16(21-22-18)10-15-4-3-9-25-15/h3-9,12H,10H2,1-2H3,(H,19,24)(H,20,21,22). The zero-order valence-corrected chi connectivity index (χ0v) is 16.0. The first kappa shape index (κ1) is 18.3. The molecule has 0 saturated heterocycles. The molecule has 0 aliphatic carbocycles. The van der Waals surface area contributed by atoms with Crippen molar-refractivity contribution in [3.8, 4) is 0 Å². The first-order valence-corrected chi connectivity index (χ1v) is 9.79. The highest BCUT2D eigenvalue weighted by molar-refractivity contribution is 8.00. The van der Waals surface area contributed by atoms with Gasteiger partial charge in [-0.2, -0.15) is 0 Å². The number of ketones is 1. The van der Waals surface area contributed by atoms with E-state index in [1.165, 1.54) is 23.6 Å². The van der Waals surface area contributed by atoms with E-state index in [9.17, 15) is 9.59 Å². The van der Waals surface area contributed by atoms with E-state index >= 15 is 0 Å². The maximum atomic E-state index is 12.3. The molecule has 0 radical (unpaired) electrons. The van der Waals surface area contributed by atoms with Crippen LogP contribution in [-0.4, -0.2) is 32.1 Å². The quantitative estimate of drug-likeness (QED) is 0.477. The summed E-state index contributed by atoms with van der Waals surface area (Å²) in [5.74, 6) is 0.632. The van der Waals surface area contributed by atoms with Crippen LogP contribution in [0.3, 0.4) is 0 Å². The summed E-state index contributed by atoms with van der Waals surface area (Å²) in [5.41, 5.74) is 1.27. The van der Waals surface area contributed by atoms with E-state index < -0.39 is 0 Å². The number of carbonyl (C=O) groups is 2. The van der Waals surface area contributed by atoms with Crippen LogP contribution in [0.5, 0.6) is 0 Å². The third-order valence-electron chi connectivity index (χ3n) is 3.64. The van der Waals surface area contributed by atoms with Gasteiger partial charge < -0.3 is 5.32 Å². The number of amides is 1. The van der Waals surface area contributed by atoms with Crippen molar-refractivity contribution in [2.75, 3.05) is 5.32 Å². The molecule has 3 aromatic rings. The van der Waals surface area contributed by atoms with Gasteiger partial charge >= 0.3 is 0 Å². The second kappa shape index (κ2) is 8.29. The molecule has 0 saturated carbocycles. The minimum absolute atomic E-state index is 0.00485. The number of aromatic nitrogens is 3. The molecule has 134 valence electrons. The van der Waals surface area contributed by atoms with Gasteiger partial charge in [0.2, 0.25) is 11.1 Å². The van der Waals surface area contributed by atoms with Gasteiger partial charge in [0, 0.05) is 22.5 Å². The Labute approximate surface area is 159 Å². The summed E-state index contributed by atoms with van der Waals surface area (Å²) in [5, 5.41) is 12.1. The number of anilines is 1. The smallest absolute Gasteiger partial charge is 0.237 e. The van der Waals surface area contributed by atoms with Crippen molar-refractivity contribution in [2.24, 2.45) is 0 Å². The number of aromatic amines is 1. The Kier molecular flexibility index (Phi) is 5.85. The van der Waals surface area contributed by atoms with Crippen molar-refractivity contribution in [3.63, 3.8) is 0 Å². The molecule has 1 unspecified atom stereocenters. The zero-order valence-electron chi connectivity index (χ0n) is 14.4. The van der Waals surface area contributed by atoms with Crippen molar-refractivity contribution in [3.05, 3.63) is 58.0 Å². The lowest BCUT2D eigenvalue weighted by atomic mass is 10.1. The molecule has 0 spiro atoms. The van der Waals surface area contributed by atoms with Gasteiger partial charge in [0.25, 0.3) is 0 Å². The van der Waals surface area contributed by atoms with Crippen LogP contribution in [0.4, 0.5) is 5.69 Å². The molecule has 1 amide bonds. The summed E-state index contributed by atoms with van der Waals surface area (Å²) < 4.78 is 0. The van der Waals surface area contributed by atoms with Crippen molar-refractivity contribution in [1.29, 1.82) is 0 Å². The number of H-pyrrole nitrogens is 1. The maximum absolute atomic E-state index is 12.3. The second-order valence-electron chi connectivity index (χ2n) is 5.70. The van der Waals surface area contributed by atoms with Crippen molar-refractivity contribution >= 4 is 40.5 Å². The van der Waals surface area contributed by atoms with Gasteiger partial charge in [0.05, 0.1) is 5.25 Å². The molecule has 8 heteroatoms. The van der Waals surface area contributed by atoms with Crippen LogP contribution in [0.2, 0.25) is 0 Å². The Bertz CT molecular complexity index is 888. The topological polar surface area (TPSA) is 87.7 Å². The zero-order chi connectivity index (χ0) is 18.5. The number of rotatable bonds is 7. The highest BCUT2D eigenvalue weighted by Gasteiger charge is 2.17. The summed E-state index contributed by atoms with van der Waals surface area (Å²) >= 11 is 2.97. The highest BCUT2D eigenvalue weighted by atomic mass is 32.2. The van der Waals surface area contributed by atoms with Gasteiger partial charge in [-0.15, -0.1) is 16.4 Å². The number of benzene rings is 1. The first-order chi connectivity index (χ1) is 12.5. The second-order valence-corrected chi connectivity index (χ2v) is 8.04. The Balaban J connectivity index is 1.55. The van der Waals surface area contributed by atoms with E-state index in [4.69, 9.17) is 0 Å². The molecular formula is C18H18N4O2S2. The fourth-order valence-electron chi connectivity index (χ4n) is 2.23. The van der Waals surface area contributed by atoms with E-state index in [0.29, 0.717) is 22.8 Å². The molecule has 3 rings (SSSR count). The fraction of sp³-hybridized carbons (Fsp3) is 0.222. The SMILES string of the molecule is CC(=O)c1ccc(NC(=O)C(C)Sc2n[nH]c(Cc3cccs3)n2)cc1. The number of hydrogen-bond donors (Lipinski definition) is 2. The van der Waals surface area contributed by atoms with Gasteiger partial charge in [0.1, 0.15) is 5.82 Å². The molecular weight excluding hydrogens is 368 g/mol. The van der Waals surface area contributed by atoms with Crippen LogP contribution in [0.15, 0.2) is 46.9 Å². The molecule has 6 nitrogen and oxygen atoms in total. The van der Waals surface area contributed by atoms with Gasteiger partial charge in [-0.25, -0.2) is 4.98 Å². The molecule has 0 bridgehead atoms. The molecule has 0 aliphatic rings. The van der Waals surface area contributed by atoms with E-state index in [1.54, 1.807) is 42.5 Å². The lowest BCUT2D eigenvalue weighted by Crippen LogP contribution is -2.22. The van der Waals surface area contributed by atoms with E-state index in [1.807, 2.05) is 17.5 Å². The normalized spacial score (nSPS) is 11.9. The minimum Gasteiger partial charge on any atom is -0.325 e. The maximum Gasteiger partial charge on any atom is 0.237 e. The van der Waals surface area contributed by atoms with Crippen molar-refractivity contribution < 1.29 is 9.59 Å². The number of nitrogens with zero attached hydrogens (tertiary/aromatic N) is 2. The molecule has 0 fully saturated rings. The highest BCUT2D eigenvalue weighted by Crippen LogP contribution is 2.22. The molecule has 2 heterocycles. The molecule has 2 N–H and O–H groups in total. The lowest BCUT2D eigenvalue weighted by molar-refractivity contribution is -0.115. The van der Waals surface area contributed by atoms with Crippen molar-refractivity contribution in [2.45, 2.75) is 30.7 Å². The van der Waals surface area contributed by atoms with Crippen LogP contribution < -0.4 is 5.32 Å². The Morgan fingerprint density at radius 2 is 2.04 bits per heavy atom. The monoisotopic (exact) mass is 386 g/mol. The average molecular weight is 387 g/mol. The third kappa shape index (κ3) is 4.80. The van der Waals surface area contributed by atoms with Gasteiger partial charge in [-0.3, -0.25) is 14.7 Å². The van der Waals surface area contributed by atoms with Crippen LogP contribution in [0.25, 0.3) is 0 Å². The Morgan fingerprint density at radius 1 is 1.27 bits per heavy atom. The number of nitrogens with one attached hydrogen (secondary N) is 2. The molecule has 1 aromatic carbocycles. The predicted molar refractivity (Wildman–Crippen MR) is 104 cm³/mol. The Morgan fingerprint density at radius 3 is 2.69 bits per heavy atom. The molecule has 2 aromatic heterocycles. The van der Waals surface area contributed by atoms with E-state index in [2.05, 4.69) is 20.5 Å². The Hall–Kier alpha value is -2.45. The summed E-state index contributed by atoms with van der Waals surface area (Å²) in [6.07, 6.45) is 0.703. The van der Waals surface area contributed by atoms with Gasteiger partial charge in [-0.05, 0) is 49.6 Å². The summed E-state index contributed by atoms with van der Waals surface area (Å²) in [4.78, 5) is 29.3.